The van der Waals surface area contributed by atoms with Gasteiger partial charge in [0.1, 0.15) is 12.7 Å². The molecule has 0 spiro atoms. The summed E-state index contributed by atoms with van der Waals surface area (Å²) in [4.78, 5) is 22.9. The van der Waals surface area contributed by atoms with E-state index in [0.717, 1.165) is 17.4 Å². The van der Waals surface area contributed by atoms with Crippen molar-refractivity contribution in [3.8, 4) is 11.5 Å². The van der Waals surface area contributed by atoms with Crippen LogP contribution < -0.4 is 15.1 Å². The molecule has 26 heavy (non-hydrogen) atoms. The topological polar surface area (TPSA) is 75.0 Å². The molecule has 6 nitrogen and oxygen atoms in total. The normalized spacial score (nSPS) is 20.3. The van der Waals surface area contributed by atoms with Gasteiger partial charge in [-0.3, -0.25) is 4.79 Å². The summed E-state index contributed by atoms with van der Waals surface area (Å²) in [6.07, 6.45) is 3.34. The summed E-state index contributed by atoms with van der Waals surface area (Å²) in [5.74, 6) is 0.742. The van der Waals surface area contributed by atoms with Crippen molar-refractivity contribution in [2.75, 3.05) is 13.7 Å². The summed E-state index contributed by atoms with van der Waals surface area (Å²) < 4.78 is 21.7. The zero-order valence-corrected chi connectivity index (χ0v) is 15.1. The van der Waals surface area contributed by atoms with E-state index in [1.54, 1.807) is 12.1 Å². The highest BCUT2D eigenvalue weighted by molar-refractivity contribution is 5.85. The summed E-state index contributed by atoms with van der Waals surface area (Å²) in [6, 6.07) is 6.64. The summed E-state index contributed by atoms with van der Waals surface area (Å²) in [7, 11) is 1.51. The van der Waals surface area contributed by atoms with Crippen molar-refractivity contribution in [3.63, 3.8) is 0 Å². The fourth-order valence-electron chi connectivity index (χ4n) is 3.06. The van der Waals surface area contributed by atoms with Gasteiger partial charge in [-0.25, -0.2) is 4.79 Å². The summed E-state index contributed by atoms with van der Waals surface area (Å²) in [5, 5.41) is 0.762. The lowest BCUT2D eigenvalue weighted by Gasteiger charge is -2.12. The van der Waals surface area contributed by atoms with Crippen molar-refractivity contribution in [1.82, 2.24) is 0 Å². The molecule has 0 aliphatic carbocycles. The molecule has 1 aromatic heterocycles. The largest absolute Gasteiger partial charge is 0.490 e. The van der Waals surface area contributed by atoms with Gasteiger partial charge in [0.2, 0.25) is 5.75 Å². The van der Waals surface area contributed by atoms with E-state index in [0.29, 0.717) is 30.1 Å². The number of carbonyl (C=O) groups excluding carboxylic acids is 1. The van der Waals surface area contributed by atoms with E-state index in [9.17, 15) is 9.59 Å². The zero-order chi connectivity index (χ0) is 18.7. The Morgan fingerprint density at radius 2 is 2.04 bits per heavy atom. The molecule has 0 radical (unpaired) electrons. The second-order valence-corrected chi connectivity index (χ2v) is 6.53. The van der Waals surface area contributed by atoms with Crippen LogP contribution in [-0.4, -0.2) is 25.8 Å². The molecule has 6 heteroatoms. The zero-order valence-electron chi connectivity index (χ0n) is 15.1. The highest BCUT2D eigenvalue weighted by Gasteiger charge is 2.30. The van der Waals surface area contributed by atoms with Gasteiger partial charge < -0.3 is 18.6 Å². The van der Waals surface area contributed by atoms with Crippen LogP contribution in [0.1, 0.15) is 26.7 Å². The Kier molecular flexibility index (Phi) is 5.30. The van der Waals surface area contributed by atoms with Crippen molar-refractivity contribution in [2.24, 2.45) is 5.92 Å². The minimum Gasteiger partial charge on any atom is -0.490 e. The molecule has 1 aliphatic heterocycles. The molecule has 2 unspecified atom stereocenters. The maximum Gasteiger partial charge on any atom is 0.336 e. The van der Waals surface area contributed by atoms with Crippen molar-refractivity contribution < 1.29 is 23.4 Å². The van der Waals surface area contributed by atoms with Gasteiger partial charge in [0.05, 0.1) is 13.0 Å². The number of rotatable bonds is 6. The minimum absolute atomic E-state index is 0.0273. The quantitative estimate of drug-likeness (QED) is 0.447. The number of hydrogen-bond acceptors (Lipinski definition) is 6. The van der Waals surface area contributed by atoms with Crippen molar-refractivity contribution in [3.05, 3.63) is 46.3 Å². The van der Waals surface area contributed by atoms with Crippen molar-refractivity contribution in [1.29, 1.82) is 0 Å². The monoisotopic (exact) mass is 358 g/mol. The molecule has 138 valence electrons. The maximum atomic E-state index is 11.5. The summed E-state index contributed by atoms with van der Waals surface area (Å²) in [6.45, 7) is 4.20. The molecule has 1 aliphatic rings. The maximum absolute atomic E-state index is 11.5. The van der Waals surface area contributed by atoms with Gasteiger partial charge in [-0.2, -0.15) is 0 Å². The van der Waals surface area contributed by atoms with Crippen LogP contribution in [-0.2, 0) is 9.53 Å². The van der Waals surface area contributed by atoms with Crippen molar-refractivity contribution in [2.45, 2.75) is 32.8 Å². The summed E-state index contributed by atoms with van der Waals surface area (Å²) in [5.41, 5.74) is 1.01. The Morgan fingerprint density at radius 3 is 2.73 bits per heavy atom. The SMILES string of the molecule is COc1c(OC/C=C(/C)CC2CC(C)C(=O)O2)ccc2ccc(=O)oc12. The second-order valence-electron chi connectivity index (χ2n) is 6.53. The van der Waals surface area contributed by atoms with E-state index in [-0.39, 0.29) is 18.0 Å². The molecule has 0 saturated carbocycles. The van der Waals surface area contributed by atoms with Gasteiger partial charge in [0.25, 0.3) is 0 Å². The third kappa shape index (κ3) is 3.90. The first kappa shape index (κ1) is 18.0. The number of ether oxygens (including phenoxy) is 3. The van der Waals surface area contributed by atoms with Gasteiger partial charge in [0.15, 0.2) is 11.3 Å². The third-order valence-electron chi connectivity index (χ3n) is 4.43. The number of esters is 1. The molecule has 0 N–H and O–H groups in total. The number of cyclic esters (lactones) is 1. The number of benzene rings is 1. The molecule has 2 heterocycles. The number of hydrogen-bond donors (Lipinski definition) is 0. The van der Waals surface area contributed by atoms with Crippen LogP contribution in [0.4, 0.5) is 0 Å². The molecule has 0 bridgehead atoms. The Labute approximate surface area is 151 Å². The first-order valence-electron chi connectivity index (χ1n) is 8.57. The predicted molar refractivity (Wildman–Crippen MR) is 96.6 cm³/mol. The fourth-order valence-corrected chi connectivity index (χ4v) is 3.06. The molecular formula is C20H22O6. The van der Waals surface area contributed by atoms with E-state index in [1.165, 1.54) is 13.2 Å². The van der Waals surface area contributed by atoms with Crippen LogP contribution in [0.5, 0.6) is 11.5 Å². The molecule has 2 atom stereocenters. The Morgan fingerprint density at radius 1 is 1.27 bits per heavy atom. The van der Waals surface area contributed by atoms with Gasteiger partial charge >= 0.3 is 11.6 Å². The lowest BCUT2D eigenvalue weighted by molar-refractivity contribution is -0.143. The molecule has 1 fully saturated rings. The molecule has 2 aromatic rings. The third-order valence-corrected chi connectivity index (χ3v) is 4.43. The van der Waals surface area contributed by atoms with Crippen LogP contribution >= 0.6 is 0 Å². The molecule has 1 saturated heterocycles. The van der Waals surface area contributed by atoms with Crippen molar-refractivity contribution >= 4 is 16.9 Å². The number of methoxy groups -OCH3 is 1. The molecule has 0 amide bonds. The molecule has 1 aromatic carbocycles. The Balaban J connectivity index is 1.67. The van der Waals surface area contributed by atoms with E-state index < -0.39 is 5.63 Å². The fraction of sp³-hybridized carbons (Fsp3) is 0.400. The molecule has 3 rings (SSSR count). The number of fused-ring (bicyclic) bond motifs is 1. The van der Waals surface area contributed by atoms with E-state index >= 15 is 0 Å². The van der Waals surface area contributed by atoms with Crippen LogP contribution in [0.25, 0.3) is 11.0 Å². The number of carbonyl (C=O) groups is 1. The van der Waals surface area contributed by atoms with Gasteiger partial charge in [-0.15, -0.1) is 0 Å². The first-order chi connectivity index (χ1) is 12.5. The van der Waals surface area contributed by atoms with Crippen LogP contribution in [0.2, 0.25) is 0 Å². The van der Waals surface area contributed by atoms with Gasteiger partial charge in [-0.1, -0.05) is 12.5 Å². The Bertz CT molecular complexity index is 895. The van der Waals surface area contributed by atoms with Gasteiger partial charge in [-0.05, 0) is 37.6 Å². The smallest absolute Gasteiger partial charge is 0.336 e. The van der Waals surface area contributed by atoms with E-state index in [1.807, 2.05) is 26.0 Å². The highest BCUT2D eigenvalue weighted by Crippen LogP contribution is 2.34. The van der Waals surface area contributed by atoms with E-state index in [2.05, 4.69) is 0 Å². The molecular weight excluding hydrogens is 336 g/mol. The first-order valence-corrected chi connectivity index (χ1v) is 8.57. The standard InChI is InChI=1S/C20H22O6/c1-12(10-15-11-13(2)20(22)25-15)8-9-24-16-6-4-14-5-7-17(21)26-18(14)19(16)23-3/h4-8,13,15H,9-11H2,1-3H3/b12-8-. The lowest BCUT2D eigenvalue weighted by Crippen LogP contribution is -2.07. The van der Waals surface area contributed by atoms with E-state index in [4.69, 9.17) is 18.6 Å². The summed E-state index contributed by atoms with van der Waals surface area (Å²) >= 11 is 0. The van der Waals surface area contributed by atoms with Gasteiger partial charge in [0, 0.05) is 17.9 Å². The predicted octanol–water partition coefficient (Wildman–Crippen LogP) is 3.47. The lowest BCUT2D eigenvalue weighted by atomic mass is 10.0. The average Bonchev–Trinajstić information content (AvgIpc) is 2.91. The second kappa shape index (κ2) is 7.64. The van der Waals surface area contributed by atoms with Crippen LogP contribution in [0, 0.1) is 5.92 Å². The van der Waals surface area contributed by atoms with Crippen LogP contribution in [0.3, 0.4) is 0 Å². The minimum atomic E-state index is -0.441. The Hall–Kier alpha value is -2.76. The average molecular weight is 358 g/mol. The highest BCUT2D eigenvalue weighted by atomic mass is 16.6. The van der Waals surface area contributed by atoms with Crippen LogP contribution in [0.15, 0.2) is 45.1 Å².